The molecule has 0 radical (unpaired) electrons. The summed E-state index contributed by atoms with van der Waals surface area (Å²) in [6.07, 6.45) is 1.01. The molecule has 2 aromatic carbocycles. The molecule has 4 rings (SSSR count). The minimum Gasteiger partial charge on any atom is -0.368 e. The summed E-state index contributed by atoms with van der Waals surface area (Å²) in [6, 6.07) is 18.8. The van der Waals surface area contributed by atoms with Crippen LogP contribution in [0, 0.1) is 0 Å². The molecule has 1 fully saturated rings. The van der Waals surface area contributed by atoms with E-state index in [1.807, 2.05) is 11.0 Å². The minimum atomic E-state index is 0.0978. The highest BCUT2D eigenvalue weighted by Gasteiger charge is 2.24. The number of carbonyl (C=O) groups is 1. The standard InChI is InChI=1S/C23H29N5O/c1-2-24-23(28-13-12-19-8-6-7-11-21(19)28)25-18-22(29)27-16-14-26(15-17-27)20-9-4-3-5-10-20/h3-11H,2,12-18H2,1H3,(H,24,25). The van der Waals surface area contributed by atoms with Gasteiger partial charge in [-0.1, -0.05) is 36.4 Å². The fourth-order valence-corrected chi connectivity index (χ4v) is 4.05. The molecule has 0 aromatic heterocycles. The first-order valence-electron chi connectivity index (χ1n) is 10.5. The number of guanidine groups is 1. The number of rotatable bonds is 4. The molecule has 1 amide bonds. The number of aliphatic imine (C=N–C) groups is 1. The first-order chi connectivity index (χ1) is 14.3. The van der Waals surface area contributed by atoms with Crippen LogP contribution in [0.15, 0.2) is 59.6 Å². The number of benzene rings is 2. The molecule has 0 bridgehead atoms. The molecule has 6 heteroatoms. The quantitative estimate of drug-likeness (QED) is 0.642. The zero-order chi connectivity index (χ0) is 20.1. The fraction of sp³-hybridized carbons (Fsp3) is 0.391. The molecule has 29 heavy (non-hydrogen) atoms. The van der Waals surface area contributed by atoms with Gasteiger partial charge in [0.2, 0.25) is 5.91 Å². The number of para-hydroxylation sites is 2. The normalized spacial score (nSPS) is 16.7. The monoisotopic (exact) mass is 391 g/mol. The van der Waals surface area contributed by atoms with E-state index in [-0.39, 0.29) is 12.5 Å². The van der Waals surface area contributed by atoms with Crippen molar-refractivity contribution in [2.45, 2.75) is 13.3 Å². The summed E-state index contributed by atoms with van der Waals surface area (Å²) in [5.41, 5.74) is 3.75. The van der Waals surface area contributed by atoms with Crippen LogP contribution in [-0.4, -0.2) is 62.6 Å². The van der Waals surface area contributed by atoms with Gasteiger partial charge in [0.15, 0.2) is 5.96 Å². The molecular weight excluding hydrogens is 362 g/mol. The van der Waals surface area contributed by atoms with Crippen LogP contribution >= 0.6 is 0 Å². The van der Waals surface area contributed by atoms with Crippen molar-refractivity contribution < 1.29 is 4.79 Å². The first kappa shape index (κ1) is 19.3. The molecule has 0 aliphatic carbocycles. The SMILES string of the molecule is CCNC(=NCC(=O)N1CCN(c2ccccc2)CC1)N1CCc2ccccc21. The Morgan fingerprint density at radius 1 is 0.966 bits per heavy atom. The molecule has 152 valence electrons. The molecule has 2 aromatic rings. The van der Waals surface area contributed by atoms with E-state index >= 15 is 0 Å². The van der Waals surface area contributed by atoms with Gasteiger partial charge in [-0.2, -0.15) is 0 Å². The van der Waals surface area contributed by atoms with Crippen LogP contribution in [0.4, 0.5) is 11.4 Å². The van der Waals surface area contributed by atoms with E-state index < -0.39 is 0 Å². The summed E-state index contributed by atoms with van der Waals surface area (Å²) in [5, 5.41) is 3.35. The summed E-state index contributed by atoms with van der Waals surface area (Å²) < 4.78 is 0. The van der Waals surface area contributed by atoms with Crippen molar-refractivity contribution in [2.75, 3.05) is 55.6 Å². The number of piperazine rings is 1. The lowest BCUT2D eigenvalue weighted by molar-refractivity contribution is -0.129. The van der Waals surface area contributed by atoms with E-state index in [0.717, 1.165) is 51.6 Å². The smallest absolute Gasteiger partial charge is 0.244 e. The van der Waals surface area contributed by atoms with Crippen molar-refractivity contribution in [3.63, 3.8) is 0 Å². The maximum atomic E-state index is 12.8. The Morgan fingerprint density at radius 2 is 1.69 bits per heavy atom. The topological polar surface area (TPSA) is 51.2 Å². The Kier molecular flexibility index (Phi) is 5.98. The molecule has 1 saturated heterocycles. The Hall–Kier alpha value is -3.02. The van der Waals surface area contributed by atoms with Crippen molar-refractivity contribution in [1.29, 1.82) is 0 Å². The van der Waals surface area contributed by atoms with Crippen molar-refractivity contribution in [1.82, 2.24) is 10.2 Å². The van der Waals surface area contributed by atoms with E-state index in [1.54, 1.807) is 0 Å². The number of anilines is 2. The van der Waals surface area contributed by atoms with Crippen LogP contribution in [-0.2, 0) is 11.2 Å². The maximum absolute atomic E-state index is 12.8. The number of nitrogens with zero attached hydrogens (tertiary/aromatic N) is 4. The molecule has 6 nitrogen and oxygen atoms in total. The average molecular weight is 392 g/mol. The van der Waals surface area contributed by atoms with Gasteiger partial charge in [-0.25, -0.2) is 4.99 Å². The molecule has 1 N–H and O–H groups in total. The summed E-state index contributed by atoms with van der Waals surface area (Å²) >= 11 is 0. The summed E-state index contributed by atoms with van der Waals surface area (Å²) in [4.78, 5) is 23.9. The molecule has 2 aliphatic rings. The van der Waals surface area contributed by atoms with Crippen molar-refractivity contribution in [3.8, 4) is 0 Å². The van der Waals surface area contributed by atoms with Crippen molar-refractivity contribution in [3.05, 3.63) is 60.2 Å². The van der Waals surface area contributed by atoms with Gasteiger partial charge in [-0.3, -0.25) is 4.79 Å². The van der Waals surface area contributed by atoms with Gasteiger partial charge in [-0.15, -0.1) is 0 Å². The van der Waals surface area contributed by atoms with Crippen LogP contribution in [0.5, 0.6) is 0 Å². The fourth-order valence-electron chi connectivity index (χ4n) is 4.05. The number of nitrogens with one attached hydrogen (secondary N) is 1. The van der Waals surface area contributed by atoms with Gasteiger partial charge >= 0.3 is 0 Å². The van der Waals surface area contributed by atoms with Gasteiger partial charge < -0.3 is 20.0 Å². The third kappa shape index (κ3) is 4.36. The zero-order valence-electron chi connectivity index (χ0n) is 17.1. The molecule has 2 aliphatic heterocycles. The number of fused-ring (bicyclic) bond motifs is 1. The number of carbonyl (C=O) groups excluding carboxylic acids is 1. The second-order valence-corrected chi connectivity index (χ2v) is 7.40. The van der Waals surface area contributed by atoms with Crippen LogP contribution < -0.4 is 15.1 Å². The third-order valence-corrected chi connectivity index (χ3v) is 5.60. The van der Waals surface area contributed by atoms with Crippen LogP contribution in [0.1, 0.15) is 12.5 Å². The van der Waals surface area contributed by atoms with E-state index in [2.05, 4.69) is 75.6 Å². The predicted octanol–water partition coefficient (Wildman–Crippen LogP) is 2.36. The second kappa shape index (κ2) is 8.99. The van der Waals surface area contributed by atoms with Gasteiger partial charge in [-0.05, 0) is 37.1 Å². The van der Waals surface area contributed by atoms with Gasteiger partial charge in [0, 0.05) is 50.6 Å². The lowest BCUT2D eigenvalue weighted by Gasteiger charge is -2.36. The highest BCUT2D eigenvalue weighted by molar-refractivity contribution is 5.99. The van der Waals surface area contributed by atoms with Gasteiger partial charge in [0.25, 0.3) is 0 Å². The van der Waals surface area contributed by atoms with Crippen LogP contribution in [0.2, 0.25) is 0 Å². The molecular formula is C23H29N5O. The first-order valence-corrected chi connectivity index (χ1v) is 10.5. The van der Waals surface area contributed by atoms with Gasteiger partial charge in [0.1, 0.15) is 6.54 Å². The third-order valence-electron chi connectivity index (χ3n) is 5.60. The van der Waals surface area contributed by atoms with Crippen molar-refractivity contribution in [2.24, 2.45) is 4.99 Å². The number of amides is 1. The molecule has 2 heterocycles. The molecule has 0 atom stereocenters. The zero-order valence-corrected chi connectivity index (χ0v) is 17.1. The van der Waals surface area contributed by atoms with Crippen molar-refractivity contribution >= 4 is 23.2 Å². The second-order valence-electron chi connectivity index (χ2n) is 7.40. The Labute approximate surface area is 172 Å². The molecule has 0 unspecified atom stereocenters. The molecule has 0 spiro atoms. The highest BCUT2D eigenvalue weighted by atomic mass is 16.2. The van der Waals surface area contributed by atoms with Crippen LogP contribution in [0.3, 0.4) is 0 Å². The maximum Gasteiger partial charge on any atom is 0.244 e. The molecule has 0 saturated carbocycles. The van der Waals surface area contributed by atoms with E-state index in [9.17, 15) is 4.79 Å². The van der Waals surface area contributed by atoms with E-state index in [4.69, 9.17) is 0 Å². The van der Waals surface area contributed by atoms with Crippen LogP contribution in [0.25, 0.3) is 0 Å². The number of hydrogen-bond acceptors (Lipinski definition) is 3. The average Bonchev–Trinajstić information content (AvgIpc) is 3.21. The lowest BCUT2D eigenvalue weighted by atomic mass is 10.2. The summed E-state index contributed by atoms with van der Waals surface area (Å²) in [6.45, 7) is 7.13. The minimum absolute atomic E-state index is 0.0978. The highest BCUT2D eigenvalue weighted by Crippen LogP contribution is 2.27. The predicted molar refractivity (Wildman–Crippen MR) is 119 cm³/mol. The Balaban J connectivity index is 1.37. The van der Waals surface area contributed by atoms with Gasteiger partial charge in [0.05, 0.1) is 0 Å². The Bertz CT molecular complexity index is 859. The largest absolute Gasteiger partial charge is 0.368 e. The number of hydrogen-bond donors (Lipinski definition) is 1. The van der Waals surface area contributed by atoms with E-state index in [1.165, 1.54) is 16.9 Å². The van der Waals surface area contributed by atoms with E-state index in [0.29, 0.717) is 0 Å². The lowest BCUT2D eigenvalue weighted by Crippen LogP contribution is -2.49. The Morgan fingerprint density at radius 3 is 2.45 bits per heavy atom. The summed E-state index contributed by atoms with van der Waals surface area (Å²) in [5.74, 6) is 0.898. The summed E-state index contributed by atoms with van der Waals surface area (Å²) in [7, 11) is 0.